The molecule has 2 unspecified atom stereocenters. The van der Waals surface area contributed by atoms with Gasteiger partial charge in [0.1, 0.15) is 0 Å². The maximum atomic E-state index is 12.0. The van der Waals surface area contributed by atoms with E-state index in [4.69, 9.17) is 0 Å². The Morgan fingerprint density at radius 3 is 2.47 bits per heavy atom. The maximum Gasteiger partial charge on any atom is 0.350 e. The Labute approximate surface area is 96.8 Å². The third-order valence-corrected chi connectivity index (χ3v) is 4.67. The van der Waals surface area contributed by atoms with Crippen LogP contribution in [0.1, 0.15) is 19.3 Å². The lowest BCUT2D eigenvalue weighted by molar-refractivity contribution is 0.231. The number of hydrogen-bond donors (Lipinski definition) is 1. The van der Waals surface area contributed by atoms with E-state index in [2.05, 4.69) is 15.9 Å². The Morgan fingerprint density at radius 2 is 1.93 bits per heavy atom. The zero-order valence-corrected chi connectivity index (χ0v) is 10.5. The van der Waals surface area contributed by atoms with Crippen molar-refractivity contribution in [2.75, 3.05) is 11.9 Å². The smallest absolute Gasteiger partial charge is 0.210 e. The zero-order valence-electron chi connectivity index (χ0n) is 8.13. The molecule has 90 valence electrons. The maximum absolute atomic E-state index is 12.0. The summed E-state index contributed by atoms with van der Waals surface area (Å²) < 4.78 is 47.6. The van der Waals surface area contributed by atoms with Gasteiger partial charge in [-0.2, -0.15) is 8.78 Å². The summed E-state index contributed by atoms with van der Waals surface area (Å²) in [6, 6.07) is 0. The molecule has 0 aromatic heterocycles. The Hall–Kier alpha value is 0.250. The van der Waals surface area contributed by atoms with Crippen LogP contribution in [0.2, 0.25) is 0 Å². The van der Waals surface area contributed by atoms with Crippen molar-refractivity contribution < 1.29 is 17.2 Å². The van der Waals surface area contributed by atoms with Crippen LogP contribution in [0.25, 0.3) is 0 Å². The van der Waals surface area contributed by atoms with Crippen molar-refractivity contribution in [2.24, 2.45) is 11.8 Å². The molecule has 15 heavy (non-hydrogen) atoms. The van der Waals surface area contributed by atoms with Gasteiger partial charge in [-0.25, -0.2) is 13.1 Å². The minimum absolute atomic E-state index is 0.128. The van der Waals surface area contributed by atoms with E-state index < -0.39 is 15.8 Å². The lowest BCUT2D eigenvalue weighted by atomic mass is 9.99. The highest BCUT2D eigenvalue weighted by Crippen LogP contribution is 2.32. The molecule has 3 nitrogen and oxygen atoms in total. The number of sulfonamides is 1. The van der Waals surface area contributed by atoms with Crippen LogP contribution in [-0.2, 0) is 10.0 Å². The topological polar surface area (TPSA) is 46.2 Å². The van der Waals surface area contributed by atoms with Gasteiger partial charge >= 0.3 is 5.76 Å². The molecular formula is C8H14BrF2NO2S. The predicted molar refractivity (Wildman–Crippen MR) is 57.6 cm³/mol. The number of nitrogens with one attached hydrogen (secondary N) is 1. The van der Waals surface area contributed by atoms with Gasteiger partial charge in [-0.1, -0.05) is 22.4 Å². The van der Waals surface area contributed by atoms with Gasteiger partial charge in [0.2, 0.25) is 0 Å². The van der Waals surface area contributed by atoms with Crippen molar-refractivity contribution in [1.82, 2.24) is 4.72 Å². The molecule has 1 saturated carbocycles. The molecule has 0 heterocycles. The first-order valence-corrected chi connectivity index (χ1v) is 7.46. The number of rotatable bonds is 5. The molecule has 1 rings (SSSR count). The van der Waals surface area contributed by atoms with Crippen LogP contribution in [0.15, 0.2) is 0 Å². The fourth-order valence-corrected chi connectivity index (χ4v) is 3.30. The second-order valence-electron chi connectivity index (χ2n) is 3.76. The summed E-state index contributed by atoms with van der Waals surface area (Å²) >= 11 is 3.34. The first-order valence-electron chi connectivity index (χ1n) is 4.80. The lowest BCUT2D eigenvalue weighted by Gasteiger charge is -2.17. The molecule has 0 aromatic rings. The minimum atomic E-state index is -4.42. The van der Waals surface area contributed by atoms with Gasteiger partial charge in [-0.15, -0.1) is 0 Å². The van der Waals surface area contributed by atoms with E-state index >= 15 is 0 Å². The largest absolute Gasteiger partial charge is 0.350 e. The summed E-state index contributed by atoms with van der Waals surface area (Å²) in [6.07, 6.45) is 2.98. The molecule has 2 atom stereocenters. The summed E-state index contributed by atoms with van der Waals surface area (Å²) in [5.74, 6) is -2.76. The van der Waals surface area contributed by atoms with Crippen molar-refractivity contribution in [3.8, 4) is 0 Å². The van der Waals surface area contributed by atoms with Crippen LogP contribution >= 0.6 is 15.9 Å². The van der Waals surface area contributed by atoms with Crippen LogP contribution < -0.4 is 4.72 Å². The summed E-state index contributed by atoms with van der Waals surface area (Å²) in [5, 5.41) is 0.800. The van der Waals surface area contributed by atoms with Crippen LogP contribution in [0.5, 0.6) is 0 Å². The Bertz CT molecular complexity index is 297. The molecule has 0 bridgehead atoms. The van der Waals surface area contributed by atoms with Gasteiger partial charge in [0.15, 0.2) is 0 Å². The second-order valence-corrected chi connectivity index (χ2v) is 6.14. The monoisotopic (exact) mass is 305 g/mol. The van der Waals surface area contributed by atoms with Crippen LogP contribution in [0, 0.1) is 11.8 Å². The van der Waals surface area contributed by atoms with Crippen molar-refractivity contribution in [3.05, 3.63) is 0 Å². The quantitative estimate of drug-likeness (QED) is 0.789. The van der Waals surface area contributed by atoms with Crippen LogP contribution in [0.4, 0.5) is 8.78 Å². The predicted octanol–water partition coefficient (Wildman–Crippen LogP) is 1.94. The molecule has 0 saturated heterocycles. The van der Waals surface area contributed by atoms with Crippen LogP contribution in [-0.4, -0.2) is 26.1 Å². The van der Waals surface area contributed by atoms with Gasteiger partial charge in [-0.05, 0) is 24.7 Å². The standard InChI is InChI=1S/C8H14BrF2NO2S/c9-4-6-2-1-3-7(6)5-12-15(13,14)8(10)11/h6-8,12H,1-5H2. The number of hydrogen-bond acceptors (Lipinski definition) is 2. The molecule has 0 aromatic carbocycles. The van der Waals surface area contributed by atoms with Gasteiger partial charge in [0, 0.05) is 11.9 Å². The molecule has 0 spiro atoms. The summed E-state index contributed by atoms with van der Waals surface area (Å²) in [7, 11) is -4.42. The number of halogens is 3. The molecule has 1 N–H and O–H groups in total. The first-order chi connectivity index (χ1) is 6.97. The summed E-state index contributed by atoms with van der Waals surface area (Å²) in [6.45, 7) is 0.128. The number of alkyl halides is 3. The highest BCUT2D eigenvalue weighted by atomic mass is 79.9. The molecule has 0 amide bonds. The summed E-state index contributed by atoms with van der Waals surface area (Å²) in [4.78, 5) is 0. The van der Waals surface area contributed by atoms with E-state index in [9.17, 15) is 17.2 Å². The van der Waals surface area contributed by atoms with Crippen molar-refractivity contribution in [3.63, 3.8) is 0 Å². The molecule has 7 heteroatoms. The second kappa shape index (κ2) is 5.54. The fraction of sp³-hybridized carbons (Fsp3) is 1.00. The van der Waals surface area contributed by atoms with Crippen molar-refractivity contribution >= 4 is 26.0 Å². The minimum Gasteiger partial charge on any atom is -0.210 e. The van der Waals surface area contributed by atoms with Crippen LogP contribution in [0.3, 0.4) is 0 Å². The van der Waals surface area contributed by atoms with Crippen molar-refractivity contribution in [2.45, 2.75) is 25.0 Å². The average Bonchev–Trinajstić information content (AvgIpc) is 2.61. The van der Waals surface area contributed by atoms with Crippen molar-refractivity contribution in [1.29, 1.82) is 0 Å². The van der Waals surface area contributed by atoms with Gasteiger partial charge in [0.05, 0.1) is 0 Å². The highest BCUT2D eigenvalue weighted by Gasteiger charge is 2.30. The Kier molecular flexibility index (Phi) is 4.92. The summed E-state index contributed by atoms with van der Waals surface area (Å²) in [5.41, 5.74) is 0. The molecule has 1 aliphatic carbocycles. The van der Waals surface area contributed by atoms with Gasteiger partial charge in [-0.3, -0.25) is 0 Å². The lowest BCUT2D eigenvalue weighted by Crippen LogP contribution is -2.34. The average molecular weight is 306 g/mol. The highest BCUT2D eigenvalue weighted by molar-refractivity contribution is 9.09. The molecule has 0 aliphatic heterocycles. The van der Waals surface area contributed by atoms with E-state index in [1.165, 1.54) is 0 Å². The SMILES string of the molecule is O=S(=O)(NCC1CCCC1CBr)C(F)F. The molecular weight excluding hydrogens is 292 g/mol. The van der Waals surface area contributed by atoms with E-state index in [0.29, 0.717) is 5.92 Å². The van der Waals surface area contributed by atoms with E-state index in [0.717, 1.165) is 24.6 Å². The molecule has 1 fully saturated rings. The Morgan fingerprint density at radius 1 is 1.33 bits per heavy atom. The van der Waals surface area contributed by atoms with E-state index in [1.54, 1.807) is 0 Å². The first kappa shape index (κ1) is 13.3. The zero-order chi connectivity index (χ0) is 11.5. The normalized spacial score (nSPS) is 27.5. The van der Waals surface area contributed by atoms with E-state index in [-0.39, 0.29) is 12.5 Å². The molecule has 0 radical (unpaired) electrons. The molecule has 1 aliphatic rings. The van der Waals surface area contributed by atoms with Gasteiger partial charge in [0.25, 0.3) is 10.0 Å². The Balaban J connectivity index is 2.43. The van der Waals surface area contributed by atoms with E-state index in [1.807, 2.05) is 4.72 Å². The third-order valence-electron chi connectivity index (χ3n) is 2.80. The third kappa shape index (κ3) is 3.64. The fourth-order valence-electron chi connectivity index (χ4n) is 1.87. The van der Waals surface area contributed by atoms with Gasteiger partial charge < -0.3 is 0 Å².